The Hall–Kier alpha value is -1.61. The first-order valence-electron chi connectivity index (χ1n) is 6.08. The molecule has 1 aromatic carbocycles. The Morgan fingerprint density at radius 1 is 1.17 bits per heavy atom. The SMILES string of the molecule is Nc1cc(C2CC2)nc(Cc2ccc(Cl)cc2)n1. The lowest BCUT2D eigenvalue weighted by Gasteiger charge is -2.05. The number of nitrogens with zero attached hydrogens (tertiary/aromatic N) is 2. The van der Waals surface area contributed by atoms with Crippen LogP contribution in [0.2, 0.25) is 5.02 Å². The van der Waals surface area contributed by atoms with E-state index in [-0.39, 0.29) is 0 Å². The van der Waals surface area contributed by atoms with Crippen LogP contribution >= 0.6 is 11.6 Å². The van der Waals surface area contributed by atoms with Crippen LogP contribution in [0.1, 0.15) is 35.8 Å². The van der Waals surface area contributed by atoms with Gasteiger partial charge in [-0.2, -0.15) is 0 Å². The number of nitrogen functional groups attached to an aromatic ring is 1. The standard InChI is InChI=1S/C14H14ClN3/c15-11-5-1-9(2-6-11)7-14-17-12(10-3-4-10)8-13(16)18-14/h1-2,5-6,8,10H,3-4,7H2,(H2,16,17,18). The molecule has 0 unspecified atom stereocenters. The molecule has 3 nitrogen and oxygen atoms in total. The van der Waals surface area contributed by atoms with Gasteiger partial charge in [0.15, 0.2) is 0 Å². The van der Waals surface area contributed by atoms with Crippen LogP contribution in [0, 0.1) is 0 Å². The van der Waals surface area contributed by atoms with Crippen molar-refractivity contribution in [2.45, 2.75) is 25.2 Å². The fourth-order valence-electron chi connectivity index (χ4n) is 1.99. The molecule has 92 valence electrons. The molecule has 1 aromatic heterocycles. The Morgan fingerprint density at radius 3 is 2.56 bits per heavy atom. The maximum Gasteiger partial charge on any atom is 0.135 e. The summed E-state index contributed by atoms with van der Waals surface area (Å²) >= 11 is 5.86. The molecule has 1 aliphatic rings. The first-order valence-corrected chi connectivity index (χ1v) is 6.46. The topological polar surface area (TPSA) is 51.8 Å². The average molecular weight is 260 g/mol. The third kappa shape index (κ3) is 2.62. The van der Waals surface area contributed by atoms with Gasteiger partial charge >= 0.3 is 0 Å². The van der Waals surface area contributed by atoms with Gasteiger partial charge in [0.25, 0.3) is 0 Å². The maximum absolute atomic E-state index is 5.86. The van der Waals surface area contributed by atoms with E-state index in [0.717, 1.165) is 22.1 Å². The smallest absolute Gasteiger partial charge is 0.135 e. The first-order chi connectivity index (χ1) is 8.70. The molecule has 1 heterocycles. The highest BCUT2D eigenvalue weighted by molar-refractivity contribution is 6.30. The molecule has 3 rings (SSSR count). The minimum Gasteiger partial charge on any atom is -0.384 e. The Bertz CT molecular complexity index is 562. The highest BCUT2D eigenvalue weighted by Crippen LogP contribution is 2.39. The molecule has 0 atom stereocenters. The lowest BCUT2D eigenvalue weighted by molar-refractivity contribution is 0.905. The summed E-state index contributed by atoms with van der Waals surface area (Å²) in [6, 6.07) is 9.64. The fraction of sp³-hybridized carbons (Fsp3) is 0.286. The maximum atomic E-state index is 5.86. The number of hydrogen-bond acceptors (Lipinski definition) is 3. The van der Waals surface area contributed by atoms with Gasteiger partial charge in [-0.15, -0.1) is 0 Å². The van der Waals surface area contributed by atoms with E-state index in [0.29, 0.717) is 18.2 Å². The zero-order valence-electron chi connectivity index (χ0n) is 9.94. The highest BCUT2D eigenvalue weighted by atomic mass is 35.5. The van der Waals surface area contributed by atoms with Crippen molar-refractivity contribution in [1.82, 2.24) is 9.97 Å². The molecule has 2 N–H and O–H groups in total. The minimum atomic E-state index is 0.566. The van der Waals surface area contributed by atoms with Crippen LogP contribution in [0.3, 0.4) is 0 Å². The molecule has 0 spiro atoms. The number of rotatable bonds is 3. The monoisotopic (exact) mass is 259 g/mol. The van der Waals surface area contributed by atoms with Crippen LogP contribution in [0.4, 0.5) is 5.82 Å². The fourth-order valence-corrected chi connectivity index (χ4v) is 2.12. The van der Waals surface area contributed by atoms with Gasteiger partial charge in [-0.05, 0) is 30.5 Å². The van der Waals surface area contributed by atoms with E-state index in [9.17, 15) is 0 Å². The second-order valence-corrected chi connectivity index (χ2v) is 5.15. The minimum absolute atomic E-state index is 0.566. The predicted molar refractivity (Wildman–Crippen MR) is 72.7 cm³/mol. The van der Waals surface area contributed by atoms with Gasteiger partial charge in [0.05, 0.1) is 0 Å². The summed E-state index contributed by atoms with van der Waals surface area (Å²) in [5.41, 5.74) is 8.06. The zero-order chi connectivity index (χ0) is 12.5. The van der Waals surface area contributed by atoms with Crippen molar-refractivity contribution in [3.63, 3.8) is 0 Å². The highest BCUT2D eigenvalue weighted by Gasteiger charge is 2.25. The van der Waals surface area contributed by atoms with E-state index >= 15 is 0 Å². The third-order valence-corrected chi connectivity index (χ3v) is 3.34. The summed E-state index contributed by atoms with van der Waals surface area (Å²) in [5.74, 6) is 1.95. The predicted octanol–water partition coefficient (Wildman–Crippen LogP) is 3.18. The first kappa shape index (κ1) is 11.5. The van der Waals surface area contributed by atoms with Crippen LogP contribution in [0.15, 0.2) is 30.3 Å². The normalized spacial score (nSPS) is 14.7. The molecule has 0 bridgehead atoms. The van der Waals surface area contributed by atoms with E-state index in [1.807, 2.05) is 30.3 Å². The molecule has 0 amide bonds. The number of anilines is 1. The summed E-state index contributed by atoms with van der Waals surface area (Å²) < 4.78 is 0. The molecule has 2 aromatic rings. The number of hydrogen-bond donors (Lipinski definition) is 1. The Balaban J connectivity index is 1.85. The summed E-state index contributed by atoms with van der Waals surface area (Å²) in [7, 11) is 0. The van der Waals surface area contributed by atoms with Crippen molar-refractivity contribution in [3.8, 4) is 0 Å². The summed E-state index contributed by atoms with van der Waals surface area (Å²) in [5, 5.41) is 0.742. The molecule has 1 fully saturated rings. The van der Waals surface area contributed by atoms with Gasteiger partial charge in [-0.1, -0.05) is 23.7 Å². The number of aromatic nitrogens is 2. The van der Waals surface area contributed by atoms with Crippen molar-refractivity contribution in [2.75, 3.05) is 5.73 Å². The van der Waals surface area contributed by atoms with Crippen LogP contribution in [0.5, 0.6) is 0 Å². The van der Waals surface area contributed by atoms with Gasteiger partial charge in [0, 0.05) is 29.1 Å². The third-order valence-electron chi connectivity index (χ3n) is 3.08. The van der Waals surface area contributed by atoms with Crippen LogP contribution in [-0.4, -0.2) is 9.97 Å². The van der Waals surface area contributed by atoms with E-state index < -0.39 is 0 Å². The summed E-state index contributed by atoms with van der Waals surface area (Å²) in [6.45, 7) is 0. The van der Waals surface area contributed by atoms with Gasteiger partial charge in [0.2, 0.25) is 0 Å². The Kier molecular flexibility index (Phi) is 2.92. The molecular weight excluding hydrogens is 246 g/mol. The van der Waals surface area contributed by atoms with E-state index in [1.54, 1.807) is 0 Å². The molecular formula is C14H14ClN3. The largest absolute Gasteiger partial charge is 0.384 e. The number of halogens is 1. The number of nitrogens with two attached hydrogens (primary N) is 1. The van der Waals surface area contributed by atoms with Crippen LogP contribution < -0.4 is 5.73 Å². The molecule has 0 aliphatic heterocycles. The Labute approximate surface area is 111 Å². The zero-order valence-corrected chi connectivity index (χ0v) is 10.7. The van der Waals surface area contributed by atoms with Gasteiger partial charge < -0.3 is 5.73 Å². The van der Waals surface area contributed by atoms with Crippen molar-refractivity contribution < 1.29 is 0 Å². The molecule has 1 saturated carbocycles. The molecule has 1 aliphatic carbocycles. The quantitative estimate of drug-likeness (QED) is 0.921. The lowest BCUT2D eigenvalue weighted by atomic mass is 10.1. The summed E-state index contributed by atoms with van der Waals surface area (Å²) in [4.78, 5) is 8.88. The summed E-state index contributed by atoms with van der Waals surface area (Å²) in [6.07, 6.45) is 3.13. The van der Waals surface area contributed by atoms with Crippen LogP contribution in [-0.2, 0) is 6.42 Å². The van der Waals surface area contributed by atoms with Crippen molar-refractivity contribution in [1.29, 1.82) is 0 Å². The molecule has 4 heteroatoms. The lowest BCUT2D eigenvalue weighted by Crippen LogP contribution is -2.03. The van der Waals surface area contributed by atoms with Gasteiger partial charge in [0.1, 0.15) is 11.6 Å². The second kappa shape index (κ2) is 4.58. The van der Waals surface area contributed by atoms with Crippen LogP contribution in [0.25, 0.3) is 0 Å². The van der Waals surface area contributed by atoms with Crippen molar-refractivity contribution >= 4 is 17.4 Å². The van der Waals surface area contributed by atoms with Crippen molar-refractivity contribution in [2.24, 2.45) is 0 Å². The average Bonchev–Trinajstić information content (AvgIpc) is 3.15. The number of benzene rings is 1. The van der Waals surface area contributed by atoms with Crippen molar-refractivity contribution in [3.05, 3.63) is 52.4 Å². The molecule has 0 saturated heterocycles. The van der Waals surface area contributed by atoms with E-state index in [2.05, 4.69) is 9.97 Å². The molecule has 0 radical (unpaired) electrons. The van der Waals surface area contributed by atoms with Gasteiger partial charge in [-0.25, -0.2) is 9.97 Å². The van der Waals surface area contributed by atoms with E-state index in [4.69, 9.17) is 17.3 Å². The van der Waals surface area contributed by atoms with Gasteiger partial charge in [-0.3, -0.25) is 0 Å². The van der Waals surface area contributed by atoms with E-state index in [1.165, 1.54) is 12.8 Å². The molecule has 18 heavy (non-hydrogen) atoms. The second-order valence-electron chi connectivity index (χ2n) is 4.71. The Morgan fingerprint density at radius 2 is 1.89 bits per heavy atom.